The van der Waals surface area contributed by atoms with E-state index in [1.54, 1.807) is 0 Å². The van der Waals surface area contributed by atoms with Gasteiger partial charge in [0.1, 0.15) is 0 Å². The number of likely N-dealkylation sites (tertiary alicyclic amines) is 1. The summed E-state index contributed by atoms with van der Waals surface area (Å²) >= 11 is 0. The van der Waals surface area contributed by atoms with Gasteiger partial charge in [-0.2, -0.15) is 0 Å². The van der Waals surface area contributed by atoms with Crippen molar-refractivity contribution in [2.24, 2.45) is 0 Å². The van der Waals surface area contributed by atoms with Crippen LogP contribution in [-0.4, -0.2) is 42.9 Å². The maximum Gasteiger partial charge on any atom is 0.237 e. The molecule has 1 saturated heterocycles. The molecular formula is C8H15N2O. The van der Waals surface area contributed by atoms with E-state index in [9.17, 15) is 4.79 Å². The van der Waals surface area contributed by atoms with E-state index in [1.807, 2.05) is 30.4 Å². The Labute approximate surface area is 68.0 Å². The van der Waals surface area contributed by atoms with E-state index < -0.39 is 0 Å². The topological polar surface area (TPSA) is 23.6 Å². The number of amides is 1. The molecule has 0 saturated carbocycles. The fourth-order valence-corrected chi connectivity index (χ4v) is 1.19. The van der Waals surface area contributed by atoms with Gasteiger partial charge in [-0.1, -0.05) is 0 Å². The first-order chi connectivity index (χ1) is 5.20. The summed E-state index contributed by atoms with van der Waals surface area (Å²) in [7, 11) is 3.82. The zero-order valence-electron chi connectivity index (χ0n) is 7.21. The Morgan fingerprint density at radius 3 is 2.82 bits per heavy atom. The molecule has 3 heteroatoms. The molecule has 1 aliphatic heterocycles. The first-order valence-corrected chi connectivity index (χ1v) is 3.97. The number of hydrogen-bond donors (Lipinski definition) is 0. The zero-order valence-corrected chi connectivity index (χ0v) is 7.21. The van der Waals surface area contributed by atoms with Gasteiger partial charge in [-0.15, -0.1) is 0 Å². The average molecular weight is 155 g/mol. The summed E-state index contributed by atoms with van der Waals surface area (Å²) in [6.45, 7) is 3.43. The van der Waals surface area contributed by atoms with Gasteiger partial charge in [0, 0.05) is 6.54 Å². The quantitative estimate of drug-likeness (QED) is 0.574. The van der Waals surface area contributed by atoms with Crippen LogP contribution in [0.1, 0.15) is 12.8 Å². The summed E-state index contributed by atoms with van der Waals surface area (Å²) in [6.07, 6.45) is 2.18. The predicted octanol–water partition coefficient (Wildman–Crippen LogP) is 0.332. The lowest BCUT2D eigenvalue weighted by atomic mass is 10.4. The zero-order chi connectivity index (χ0) is 8.27. The molecule has 63 valence electrons. The van der Waals surface area contributed by atoms with Gasteiger partial charge in [-0.3, -0.25) is 4.79 Å². The molecule has 3 nitrogen and oxygen atoms in total. The van der Waals surface area contributed by atoms with Crippen LogP contribution in [-0.2, 0) is 4.79 Å². The lowest BCUT2D eigenvalue weighted by molar-refractivity contribution is -0.129. The number of carbonyl (C=O) groups is 1. The van der Waals surface area contributed by atoms with Gasteiger partial charge in [-0.25, -0.2) is 0 Å². The molecule has 0 N–H and O–H groups in total. The van der Waals surface area contributed by atoms with Crippen LogP contribution in [0.3, 0.4) is 0 Å². The lowest BCUT2D eigenvalue weighted by Gasteiger charge is -2.17. The Bertz CT molecular complexity index is 139. The first kappa shape index (κ1) is 8.53. The van der Waals surface area contributed by atoms with Crippen LogP contribution in [0, 0.1) is 6.54 Å². The Kier molecular flexibility index (Phi) is 2.88. The van der Waals surface area contributed by atoms with E-state index in [4.69, 9.17) is 0 Å². The number of carbonyl (C=O) groups excluding carboxylic acids is 1. The monoisotopic (exact) mass is 155 g/mol. The number of likely N-dealkylation sites (N-methyl/N-ethyl adjacent to an activating group) is 1. The minimum absolute atomic E-state index is 0.215. The Morgan fingerprint density at radius 2 is 2.36 bits per heavy atom. The highest BCUT2D eigenvalue weighted by Crippen LogP contribution is 2.11. The van der Waals surface area contributed by atoms with Crippen molar-refractivity contribution in [3.05, 3.63) is 6.54 Å². The summed E-state index contributed by atoms with van der Waals surface area (Å²) in [5, 5.41) is 0. The van der Waals surface area contributed by atoms with Crippen molar-refractivity contribution in [3.8, 4) is 0 Å². The summed E-state index contributed by atoms with van der Waals surface area (Å²) in [4.78, 5) is 15.0. The standard InChI is InChI=1S/C8H15N2O/c1-9(2)7-8(11)10-5-3-4-6-10/h5H,3-4,6-7H2,1-2H3. The molecule has 1 heterocycles. The molecule has 0 unspecified atom stereocenters. The van der Waals surface area contributed by atoms with E-state index in [0.717, 1.165) is 19.4 Å². The molecular weight excluding hydrogens is 140 g/mol. The normalized spacial score (nSPS) is 17.9. The van der Waals surface area contributed by atoms with Crippen LogP contribution in [0.2, 0.25) is 0 Å². The van der Waals surface area contributed by atoms with Gasteiger partial charge in [0.25, 0.3) is 0 Å². The minimum Gasteiger partial charge on any atom is -0.337 e. The highest BCUT2D eigenvalue weighted by atomic mass is 16.2. The third-order valence-electron chi connectivity index (χ3n) is 1.72. The minimum atomic E-state index is 0.215. The van der Waals surface area contributed by atoms with Crippen molar-refractivity contribution in [3.63, 3.8) is 0 Å². The smallest absolute Gasteiger partial charge is 0.237 e. The van der Waals surface area contributed by atoms with E-state index in [1.165, 1.54) is 0 Å². The first-order valence-electron chi connectivity index (χ1n) is 3.97. The Hall–Kier alpha value is -0.570. The molecule has 0 atom stereocenters. The molecule has 0 bridgehead atoms. The van der Waals surface area contributed by atoms with E-state index >= 15 is 0 Å². The van der Waals surface area contributed by atoms with Crippen LogP contribution in [0.5, 0.6) is 0 Å². The molecule has 1 rings (SSSR count). The van der Waals surface area contributed by atoms with Gasteiger partial charge in [0.15, 0.2) is 0 Å². The van der Waals surface area contributed by atoms with Crippen molar-refractivity contribution < 1.29 is 4.79 Å². The van der Waals surface area contributed by atoms with Gasteiger partial charge in [0.2, 0.25) is 5.91 Å². The average Bonchev–Trinajstić information content (AvgIpc) is 2.35. The van der Waals surface area contributed by atoms with Crippen molar-refractivity contribution in [2.45, 2.75) is 12.8 Å². The molecule has 11 heavy (non-hydrogen) atoms. The van der Waals surface area contributed by atoms with E-state index in [0.29, 0.717) is 6.54 Å². The van der Waals surface area contributed by atoms with Crippen molar-refractivity contribution in [1.29, 1.82) is 0 Å². The molecule has 0 aromatic heterocycles. The maximum atomic E-state index is 11.3. The van der Waals surface area contributed by atoms with Gasteiger partial charge in [-0.05, 0) is 26.9 Å². The lowest BCUT2D eigenvalue weighted by Crippen LogP contribution is -2.33. The van der Waals surface area contributed by atoms with Crippen molar-refractivity contribution >= 4 is 5.91 Å². The number of hydrogen-bond acceptors (Lipinski definition) is 2. The fourth-order valence-electron chi connectivity index (χ4n) is 1.19. The summed E-state index contributed by atoms with van der Waals surface area (Å²) in [5.41, 5.74) is 0. The molecule has 0 spiro atoms. The number of rotatable bonds is 2. The van der Waals surface area contributed by atoms with Gasteiger partial charge < -0.3 is 9.80 Å². The molecule has 0 aromatic rings. The maximum absolute atomic E-state index is 11.3. The summed E-state index contributed by atoms with van der Waals surface area (Å²) < 4.78 is 0. The summed E-state index contributed by atoms with van der Waals surface area (Å²) in [6, 6.07) is 0. The van der Waals surface area contributed by atoms with E-state index in [-0.39, 0.29) is 5.91 Å². The predicted molar refractivity (Wildman–Crippen MR) is 43.8 cm³/mol. The Balaban J connectivity index is 2.28. The summed E-state index contributed by atoms with van der Waals surface area (Å²) in [5.74, 6) is 0.215. The Morgan fingerprint density at radius 1 is 1.64 bits per heavy atom. The second-order valence-corrected chi connectivity index (χ2v) is 3.15. The largest absolute Gasteiger partial charge is 0.337 e. The van der Waals surface area contributed by atoms with Crippen LogP contribution in [0.15, 0.2) is 0 Å². The van der Waals surface area contributed by atoms with Crippen LogP contribution >= 0.6 is 0 Å². The van der Waals surface area contributed by atoms with Crippen molar-refractivity contribution in [1.82, 2.24) is 9.80 Å². The highest BCUT2D eigenvalue weighted by molar-refractivity contribution is 5.79. The highest BCUT2D eigenvalue weighted by Gasteiger charge is 2.17. The molecule has 1 fully saturated rings. The molecule has 0 aliphatic carbocycles. The van der Waals surface area contributed by atoms with Crippen LogP contribution in [0.4, 0.5) is 0 Å². The molecule has 1 aliphatic rings. The van der Waals surface area contributed by atoms with Gasteiger partial charge >= 0.3 is 0 Å². The fraction of sp³-hybridized carbons (Fsp3) is 0.750. The van der Waals surface area contributed by atoms with Gasteiger partial charge in [0.05, 0.1) is 13.1 Å². The number of nitrogens with zero attached hydrogens (tertiary/aromatic N) is 2. The third-order valence-corrected chi connectivity index (χ3v) is 1.72. The SMILES string of the molecule is CN(C)CC(=O)N1[CH]CCC1. The second-order valence-electron chi connectivity index (χ2n) is 3.15. The van der Waals surface area contributed by atoms with Crippen LogP contribution in [0.25, 0.3) is 0 Å². The van der Waals surface area contributed by atoms with E-state index in [2.05, 4.69) is 0 Å². The molecule has 1 radical (unpaired) electrons. The van der Waals surface area contributed by atoms with Crippen molar-refractivity contribution in [2.75, 3.05) is 27.2 Å². The molecule has 0 aromatic carbocycles. The second kappa shape index (κ2) is 3.72. The molecule has 1 amide bonds. The van der Waals surface area contributed by atoms with Crippen LogP contribution < -0.4 is 0 Å². The third kappa shape index (κ3) is 2.50.